The SMILES string of the molecule is CCCCCC(O)C(I)C/C=C/C/C=C/C/C=C/CCCC(=O)O. The Morgan fingerprint density at radius 2 is 1.62 bits per heavy atom. The molecule has 0 saturated carbocycles. The summed E-state index contributed by atoms with van der Waals surface area (Å²) in [4.78, 5) is 10.3. The topological polar surface area (TPSA) is 57.5 Å². The lowest BCUT2D eigenvalue weighted by molar-refractivity contribution is -0.137. The highest BCUT2D eigenvalue weighted by Gasteiger charge is 2.13. The normalized spacial score (nSPS) is 14.8. The summed E-state index contributed by atoms with van der Waals surface area (Å²) in [5.41, 5.74) is 0. The van der Waals surface area contributed by atoms with Gasteiger partial charge < -0.3 is 10.2 Å². The minimum Gasteiger partial charge on any atom is -0.481 e. The van der Waals surface area contributed by atoms with Crippen LogP contribution >= 0.6 is 22.6 Å². The van der Waals surface area contributed by atoms with Gasteiger partial charge in [0.1, 0.15) is 0 Å². The van der Waals surface area contributed by atoms with Crippen LogP contribution in [-0.2, 0) is 4.79 Å². The van der Waals surface area contributed by atoms with Gasteiger partial charge in [-0.25, -0.2) is 0 Å². The fourth-order valence-electron chi connectivity index (χ4n) is 2.20. The molecule has 0 aromatic carbocycles. The van der Waals surface area contributed by atoms with Gasteiger partial charge in [-0.15, -0.1) is 0 Å². The van der Waals surface area contributed by atoms with Crippen molar-refractivity contribution in [1.82, 2.24) is 0 Å². The molecular formula is C20H33IO3. The molecule has 0 aliphatic rings. The highest BCUT2D eigenvalue weighted by molar-refractivity contribution is 14.1. The Morgan fingerprint density at radius 1 is 1.00 bits per heavy atom. The lowest BCUT2D eigenvalue weighted by Crippen LogP contribution is -2.19. The van der Waals surface area contributed by atoms with Gasteiger partial charge in [0.2, 0.25) is 0 Å². The predicted octanol–water partition coefficient (Wildman–Crippen LogP) is 5.83. The van der Waals surface area contributed by atoms with Crippen LogP contribution in [0.3, 0.4) is 0 Å². The maximum atomic E-state index is 10.3. The van der Waals surface area contributed by atoms with Gasteiger partial charge in [-0.2, -0.15) is 0 Å². The number of alkyl halides is 1. The fraction of sp³-hybridized carbons (Fsp3) is 0.650. The van der Waals surface area contributed by atoms with E-state index in [9.17, 15) is 9.90 Å². The van der Waals surface area contributed by atoms with Crippen molar-refractivity contribution in [2.75, 3.05) is 0 Å². The van der Waals surface area contributed by atoms with E-state index in [0.717, 1.165) is 38.5 Å². The quantitative estimate of drug-likeness (QED) is 0.144. The third-order valence-corrected chi connectivity index (χ3v) is 5.03. The average Bonchev–Trinajstić information content (AvgIpc) is 2.55. The summed E-state index contributed by atoms with van der Waals surface area (Å²) in [6, 6.07) is 0. The summed E-state index contributed by atoms with van der Waals surface area (Å²) in [5, 5.41) is 18.6. The van der Waals surface area contributed by atoms with Crippen molar-refractivity contribution in [3.63, 3.8) is 0 Å². The Morgan fingerprint density at radius 3 is 2.25 bits per heavy atom. The Labute approximate surface area is 161 Å². The molecule has 0 aliphatic carbocycles. The van der Waals surface area contributed by atoms with E-state index < -0.39 is 5.97 Å². The van der Waals surface area contributed by atoms with E-state index in [1.54, 1.807) is 0 Å². The van der Waals surface area contributed by atoms with Gasteiger partial charge in [-0.1, -0.05) is 85.2 Å². The number of carboxylic acids is 1. The third kappa shape index (κ3) is 16.2. The maximum absolute atomic E-state index is 10.3. The molecule has 4 heteroatoms. The van der Waals surface area contributed by atoms with Gasteiger partial charge in [-0.3, -0.25) is 4.79 Å². The van der Waals surface area contributed by atoms with Gasteiger partial charge in [0.15, 0.2) is 0 Å². The minimum absolute atomic E-state index is 0.191. The molecule has 0 saturated heterocycles. The summed E-state index contributed by atoms with van der Waals surface area (Å²) in [7, 11) is 0. The van der Waals surface area contributed by atoms with E-state index in [1.807, 2.05) is 6.08 Å². The van der Waals surface area contributed by atoms with Crippen LogP contribution in [0.4, 0.5) is 0 Å². The number of aliphatic hydroxyl groups is 1. The number of aliphatic carboxylic acids is 1. The number of aliphatic hydroxyl groups excluding tert-OH is 1. The van der Waals surface area contributed by atoms with Crippen molar-refractivity contribution < 1.29 is 15.0 Å². The summed E-state index contributed by atoms with van der Waals surface area (Å²) < 4.78 is 0.299. The van der Waals surface area contributed by atoms with Gasteiger partial charge in [-0.05, 0) is 38.5 Å². The van der Waals surface area contributed by atoms with Gasteiger partial charge in [0.25, 0.3) is 0 Å². The van der Waals surface area contributed by atoms with Crippen LogP contribution in [-0.4, -0.2) is 26.2 Å². The summed E-state index contributed by atoms with van der Waals surface area (Å²) in [5.74, 6) is -0.725. The number of carbonyl (C=O) groups is 1. The number of carboxylic acid groups (broad SMARTS) is 1. The highest BCUT2D eigenvalue weighted by Crippen LogP contribution is 2.17. The Bertz CT molecular complexity index is 388. The van der Waals surface area contributed by atoms with Crippen molar-refractivity contribution >= 4 is 28.6 Å². The Kier molecular flexibility index (Phi) is 16.8. The first-order valence-electron chi connectivity index (χ1n) is 9.06. The second kappa shape index (κ2) is 17.2. The second-order valence-electron chi connectivity index (χ2n) is 5.99. The van der Waals surface area contributed by atoms with E-state index in [-0.39, 0.29) is 12.5 Å². The molecule has 2 atom stereocenters. The molecule has 0 fully saturated rings. The molecule has 0 bridgehead atoms. The zero-order valence-electron chi connectivity index (χ0n) is 14.9. The standard InChI is InChI=1S/C20H33IO3/c1-2-3-12-16-19(22)18(21)15-13-10-8-6-4-5-7-9-11-14-17-20(23)24/h4,6-7,9-10,13,18-19,22H,2-3,5,8,11-12,14-17H2,1H3,(H,23,24)/b6-4+,9-7+,13-10+. The third-order valence-electron chi connectivity index (χ3n) is 3.69. The number of allylic oxidation sites excluding steroid dienone is 6. The first-order valence-corrected chi connectivity index (χ1v) is 10.3. The van der Waals surface area contributed by atoms with Crippen molar-refractivity contribution in [2.24, 2.45) is 0 Å². The van der Waals surface area contributed by atoms with Crippen LogP contribution in [0.1, 0.15) is 71.1 Å². The molecule has 0 spiro atoms. The van der Waals surface area contributed by atoms with Gasteiger partial charge in [0, 0.05) is 10.3 Å². The molecule has 3 nitrogen and oxygen atoms in total. The second-order valence-corrected chi connectivity index (χ2v) is 7.59. The van der Waals surface area contributed by atoms with Crippen LogP contribution in [0.15, 0.2) is 36.5 Å². The molecule has 2 N–H and O–H groups in total. The molecule has 0 aliphatic heterocycles. The molecule has 138 valence electrons. The Balaban J connectivity index is 3.62. The maximum Gasteiger partial charge on any atom is 0.303 e. The molecule has 0 aromatic heterocycles. The zero-order chi connectivity index (χ0) is 18.0. The first-order chi connectivity index (χ1) is 11.6. The smallest absolute Gasteiger partial charge is 0.303 e. The van der Waals surface area contributed by atoms with E-state index in [0.29, 0.717) is 10.3 Å². The molecule has 0 aromatic rings. The fourth-order valence-corrected chi connectivity index (χ4v) is 2.85. The van der Waals surface area contributed by atoms with Crippen molar-refractivity contribution in [1.29, 1.82) is 0 Å². The van der Waals surface area contributed by atoms with Crippen molar-refractivity contribution in [2.45, 2.75) is 81.2 Å². The molecule has 24 heavy (non-hydrogen) atoms. The average molecular weight is 448 g/mol. The number of hydrogen-bond acceptors (Lipinski definition) is 2. The van der Waals surface area contributed by atoms with Crippen molar-refractivity contribution in [3.05, 3.63) is 36.5 Å². The molecule has 0 amide bonds. The summed E-state index contributed by atoms with van der Waals surface area (Å²) in [6.45, 7) is 2.18. The largest absolute Gasteiger partial charge is 0.481 e. The molecule has 0 heterocycles. The van der Waals surface area contributed by atoms with E-state index >= 15 is 0 Å². The van der Waals surface area contributed by atoms with Gasteiger partial charge >= 0.3 is 5.97 Å². The van der Waals surface area contributed by atoms with Crippen LogP contribution in [0, 0.1) is 0 Å². The van der Waals surface area contributed by atoms with Gasteiger partial charge in [0.05, 0.1) is 6.10 Å². The van der Waals surface area contributed by atoms with Crippen LogP contribution in [0.25, 0.3) is 0 Å². The number of rotatable bonds is 15. The molecular weight excluding hydrogens is 415 g/mol. The predicted molar refractivity (Wildman–Crippen MR) is 111 cm³/mol. The number of hydrogen-bond donors (Lipinski definition) is 2. The highest BCUT2D eigenvalue weighted by atomic mass is 127. The number of halogens is 1. The summed E-state index contributed by atoms with van der Waals surface area (Å²) >= 11 is 2.35. The van der Waals surface area contributed by atoms with E-state index in [1.165, 1.54) is 12.8 Å². The van der Waals surface area contributed by atoms with Crippen LogP contribution < -0.4 is 0 Å². The first kappa shape index (κ1) is 23.4. The van der Waals surface area contributed by atoms with Crippen molar-refractivity contribution in [3.8, 4) is 0 Å². The minimum atomic E-state index is -0.725. The Hall–Kier alpha value is -0.620. The molecule has 0 rings (SSSR count). The van der Waals surface area contributed by atoms with E-state index in [4.69, 9.17) is 5.11 Å². The molecule has 0 radical (unpaired) electrons. The number of unbranched alkanes of at least 4 members (excludes halogenated alkanes) is 3. The lowest BCUT2D eigenvalue weighted by Gasteiger charge is -2.15. The van der Waals surface area contributed by atoms with Crippen LogP contribution in [0.2, 0.25) is 0 Å². The lowest BCUT2D eigenvalue weighted by atomic mass is 10.1. The monoisotopic (exact) mass is 448 g/mol. The molecule has 2 unspecified atom stereocenters. The van der Waals surface area contributed by atoms with Crippen LogP contribution in [0.5, 0.6) is 0 Å². The van der Waals surface area contributed by atoms with E-state index in [2.05, 4.69) is 59.9 Å². The zero-order valence-corrected chi connectivity index (χ0v) is 17.0. The summed E-state index contributed by atoms with van der Waals surface area (Å²) in [6.07, 6.45) is 21.5.